The molecular formula is C12H24O12. The van der Waals surface area contributed by atoms with Crippen molar-refractivity contribution in [1.82, 2.24) is 0 Å². The molecule has 144 valence electrons. The van der Waals surface area contributed by atoms with Crippen molar-refractivity contribution < 1.29 is 60.5 Å². The first-order chi connectivity index (χ1) is 11.1. The van der Waals surface area contributed by atoms with Crippen LogP contribution in [0.15, 0.2) is 0 Å². The molecule has 12 nitrogen and oxygen atoms in total. The maximum Gasteiger partial charge on any atom is 0.219 e. The summed E-state index contributed by atoms with van der Waals surface area (Å²) in [5, 5.41) is 89.7. The monoisotopic (exact) mass is 360 g/mol. The molecule has 12 heteroatoms. The van der Waals surface area contributed by atoms with Gasteiger partial charge in [-0.15, -0.1) is 0 Å². The third-order valence-electron chi connectivity index (χ3n) is 3.84. The lowest BCUT2D eigenvalue weighted by Crippen LogP contribution is -2.62. The second kappa shape index (κ2) is 8.27. The summed E-state index contributed by atoms with van der Waals surface area (Å²) in [4.78, 5) is 0. The van der Waals surface area contributed by atoms with Crippen molar-refractivity contribution >= 4 is 0 Å². The van der Waals surface area contributed by atoms with Crippen LogP contribution in [0.4, 0.5) is 0 Å². The first-order valence-electron chi connectivity index (χ1n) is 7.05. The second-order valence-electron chi connectivity index (χ2n) is 5.59. The molecule has 2 fully saturated rings. The van der Waals surface area contributed by atoms with Gasteiger partial charge in [-0.1, -0.05) is 0 Å². The van der Waals surface area contributed by atoms with E-state index in [0.717, 1.165) is 0 Å². The highest BCUT2D eigenvalue weighted by atomic mass is 16.7. The van der Waals surface area contributed by atoms with E-state index in [1.165, 1.54) is 0 Å². The standard InChI is InChI=1S/2C6H12O6/c7-2-6(11)5(10)4(9)3(8)1-12-6;7-1-3-4(9)5(10)6(11,2-8)12-3/h2*3-5,7-11H,1-2H2/t2*3-,4-,5+,6-/m11/s1. The highest BCUT2D eigenvalue weighted by Gasteiger charge is 2.52. The lowest BCUT2D eigenvalue weighted by Gasteiger charge is -2.40. The Morgan fingerprint density at radius 1 is 0.792 bits per heavy atom. The van der Waals surface area contributed by atoms with Crippen molar-refractivity contribution in [1.29, 1.82) is 0 Å². The third kappa shape index (κ3) is 4.19. The van der Waals surface area contributed by atoms with E-state index in [2.05, 4.69) is 9.47 Å². The van der Waals surface area contributed by atoms with Crippen LogP contribution in [-0.4, -0.2) is 126 Å². The summed E-state index contributed by atoms with van der Waals surface area (Å²) in [6.07, 6.45) is -8.49. The summed E-state index contributed by atoms with van der Waals surface area (Å²) in [5.41, 5.74) is 0. The fourth-order valence-electron chi connectivity index (χ4n) is 2.18. The van der Waals surface area contributed by atoms with Gasteiger partial charge >= 0.3 is 0 Å². The smallest absolute Gasteiger partial charge is 0.219 e. The number of hydrogen-bond donors (Lipinski definition) is 10. The van der Waals surface area contributed by atoms with Crippen LogP contribution in [0.2, 0.25) is 0 Å². The van der Waals surface area contributed by atoms with Crippen LogP contribution in [0, 0.1) is 0 Å². The van der Waals surface area contributed by atoms with Crippen LogP contribution in [-0.2, 0) is 9.47 Å². The Kier molecular flexibility index (Phi) is 7.43. The minimum atomic E-state index is -2.17. The highest BCUT2D eigenvalue weighted by Crippen LogP contribution is 2.28. The van der Waals surface area contributed by atoms with Gasteiger partial charge < -0.3 is 60.5 Å². The summed E-state index contributed by atoms with van der Waals surface area (Å²) in [7, 11) is 0. The SMILES string of the molecule is OC[C@@]1(O)OC[C@@H](O)[C@@H](O)[C@@H]1O.OC[C@H]1O[C@](O)(CO)[C@@H](O)[C@@H]1O. The van der Waals surface area contributed by atoms with Gasteiger partial charge in [-0.05, 0) is 0 Å². The van der Waals surface area contributed by atoms with Gasteiger partial charge in [0.2, 0.25) is 11.6 Å². The van der Waals surface area contributed by atoms with Crippen molar-refractivity contribution in [3.8, 4) is 0 Å². The summed E-state index contributed by atoms with van der Waals surface area (Å²) in [6.45, 7) is -2.52. The average molecular weight is 360 g/mol. The number of aliphatic hydroxyl groups is 10. The molecule has 24 heavy (non-hydrogen) atoms. The van der Waals surface area contributed by atoms with Crippen molar-refractivity contribution in [2.24, 2.45) is 0 Å². The van der Waals surface area contributed by atoms with Gasteiger partial charge in [-0.3, -0.25) is 0 Å². The molecule has 0 saturated carbocycles. The predicted molar refractivity (Wildman–Crippen MR) is 72.0 cm³/mol. The number of hydrogen-bond acceptors (Lipinski definition) is 12. The van der Waals surface area contributed by atoms with Crippen molar-refractivity contribution in [3.63, 3.8) is 0 Å². The van der Waals surface area contributed by atoms with Crippen LogP contribution in [0.3, 0.4) is 0 Å². The van der Waals surface area contributed by atoms with Gasteiger partial charge in [0.1, 0.15) is 36.6 Å². The second-order valence-corrected chi connectivity index (χ2v) is 5.59. The van der Waals surface area contributed by atoms with E-state index in [1.54, 1.807) is 0 Å². The van der Waals surface area contributed by atoms with Crippen LogP contribution in [0.25, 0.3) is 0 Å². The van der Waals surface area contributed by atoms with Gasteiger partial charge in [-0.25, -0.2) is 0 Å². The Labute approximate surface area is 136 Å². The average Bonchev–Trinajstić information content (AvgIpc) is 2.81. The molecule has 2 aliphatic rings. The van der Waals surface area contributed by atoms with Gasteiger partial charge in [0.25, 0.3) is 0 Å². The fraction of sp³-hybridized carbons (Fsp3) is 1.00. The van der Waals surface area contributed by atoms with E-state index in [0.29, 0.717) is 0 Å². The zero-order valence-electron chi connectivity index (χ0n) is 12.6. The molecule has 0 unspecified atom stereocenters. The summed E-state index contributed by atoms with van der Waals surface area (Å²) in [5.74, 6) is -4.33. The van der Waals surface area contributed by atoms with Gasteiger partial charge in [0.05, 0.1) is 26.4 Å². The Balaban J connectivity index is 0.000000240. The molecule has 0 aromatic rings. The molecule has 0 aromatic heterocycles. The van der Waals surface area contributed by atoms with E-state index < -0.39 is 68.0 Å². The minimum absolute atomic E-state index is 0.324. The predicted octanol–water partition coefficient (Wildman–Crippen LogP) is -6.44. The summed E-state index contributed by atoms with van der Waals surface area (Å²) >= 11 is 0. The molecule has 8 atom stereocenters. The normalized spacial score (nSPS) is 48.8. The number of aliphatic hydroxyl groups excluding tert-OH is 8. The molecule has 0 spiro atoms. The molecular weight excluding hydrogens is 336 g/mol. The van der Waals surface area contributed by atoms with Crippen molar-refractivity contribution in [2.45, 2.75) is 48.2 Å². The fourth-order valence-corrected chi connectivity index (χ4v) is 2.18. The molecule has 0 aromatic carbocycles. The third-order valence-corrected chi connectivity index (χ3v) is 3.84. The van der Waals surface area contributed by atoms with E-state index >= 15 is 0 Å². The minimum Gasteiger partial charge on any atom is -0.394 e. The van der Waals surface area contributed by atoms with E-state index in [1.807, 2.05) is 0 Å². The van der Waals surface area contributed by atoms with Crippen LogP contribution >= 0.6 is 0 Å². The molecule has 2 heterocycles. The largest absolute Gasteiger partial charge is 0.394 e. The molecule has 2 aliphatic heterocycles. The van der Waals surface area contributed by atoms with Crippen LogP contribution in [0.5, 0.6) is 0 Å². The molecule has 0 aliphatic carbocycles. The Hall–Kier alpha value is -0.480. The van der Waals surface area contributed by atoms with E-state index in [-0.39, 0.29) is 6.61 Å². The lowest BCUT2D eigenvalue weighted by molar-refractivity contribution is -0.331. The van der Waals surface area contributed by atoms with Crippen LogP contribution < -0.4 is 0 Å². The highest BCUT2D eigenvalue weighted by molar-refractivity contribution is 4.94. The Morgan fingerprint density at radius 2 is 1.29 bits per heavy atom. The van der Waals surface area contributed by atoms with Crippen LogP contribution in [0.1, 0.15) is 0 Å². The molecule has 0 amide bonds. The summed E-state index contributed by atoms with van der Waals surface area (Å²) < 4.78 is 9.18. The topological polar surface area (TPSA) is 221 Å². The van der Waals surface area contributed by atoms with Crippen molar-refractivity contribution in [2.75, 3.05) is 26.4 Å². The molecule has 2 rings (SSSR count). The van der Waals surface area contributed by atoms with Crippen molar-refractivity contribution in [3.05, 3.63) is 0 Å². The van der Waals surface area contributed by atoms with E-state index in [9.17, 15) is 10.2 Å². The Bertz CT molecular complexity index is 392. The zero-order chi connectivity index (χ0) is 18.7. The lowest BCUT2D eigenvalue weighted by atomic mass is 9.98. The van der Waals surface area contributed by atoms with Gasteiger partial charge in [-0.2, -0.15) is 0 Å². The maximum atomic E-state index is 9.25. The molecule has 0 radical (unpaired) electrons. The van der Waals surface area contributed by atoms with E-state index in [4.69, 9.17) is 40.9 Å². The summed E-state index contributed by atoms with van der Waals surface area (Å²) in [6, 6.07) is 0. The molecule has 0 bridgehead atoms. The number of ether oxygens (including phenoxy) is 2. The maximum absolute atomic E-state index is 9.25. The van der Waals surface area contributed by atoms with Gasteiger partial charge in [0, 0.05) is 0 Å². The molecule has 2 saturated heterocycles. The quantitative estimate of drug-likeness (QED) is 0.227. The molecule has 10 N–H and O–H groups in total. The Morgan fingerprint density at radius 3 is 1.67 bits per heavy atom. The number of rotatable bonds is 3. The first kappa shape index (κ1) is 21.6. The first-order valence-corrected chi connectivity index (χ1v) is 7.05. The van der Waals surface area contributed by atoms with Gasteiger partial charge in [0.15, 0.2) is 0 Å². The zero-order valence-corrected chi connectivity index (χ0v) is 12.6.